The summed E-state index contributed by atoms with van der Waals surface area (Å²) >= 11 is 0. The summed E-state index contributed by atoms with van der Waals surface area (Å²) in [5, 5.41) is 29.3. The molecule has 8 nitrogen and oxygen atoms in total. The highest BCUT2D eigenvalue weighted by Gasteiger charge is 2.08. The topological polar surface area (TPSA) is 161 Å². The van der Waals surface area contributed by atoms with Crippen molar-refractivity contribution in [2.75, 3.05) is 17.2 Å². The van der Waals surface area contributed by atoms with Gasteiger partial charge in [-0.3, -0.25) is 15.6 Å². The van der Waals surface area contributed by atoms with Crippen molar-refractivity contribution >= 4 is 29.1 Å². The standard InChI is InChI=1S/C20H26N6O2/c21-19(22)17-11-16(25-12-18(27)28)10-7-14(17)4-2-1-3-13-5-8-15(9-6-13)26-20(23)24/h5-11,25H,1-4,12H2,(H3,21,22)(H,27,28)(H4,23,24,26). The molecule has 0 heterocycles. The lowest BCUT2D eigenvalue weighted by Gasteiger charge is -2.12. The second-order valence-electron chi connectivity index (χ2n) is 6.48. The quantitative estimate of drug-likeness (QED) is 0.189. The molecule has 0 unspecified atom stereocenters. The second-order valence-corrected chi connectivity index (χ2v) is 6.48. The Morgan fingerprint density at radius 3 is 2.21 bits per heavy atom. The summed E-state index contributed by atoms with van der Waals surface area (Å²) < 4.78 is 0. The zero-order valence-corrected chi connectivity index (χ0v) is 15.6. The Labute approximate surface area is 164 Å². The van der Waals surface area contributed by atoms with Crippen LogP contribution in [0.2, 0.25) is 0 Å². The number of hydrogen-bond acceptors (Lipinski definition) is 4. The van der Waals surface area contributed by atoms with E-state index in [0.717, 1.165) is 36.9 Å². The molecular weight excluding hydrogens is 356 g/mol. The van der Waals surface area contributed by atoms with Crippen LogP contribution < -0.4 is 22.1 Å². The van der Waals surface area contributed by atoms with Crippen molar-refractivity contribution in [2.24, 2.45) is 11.5 Å². The largest absolute Gasteiger partial charge is 0.480 e. The van der Waals surface area contributed by atoms with Gasteiger partial charge in [0.05, 0.1) is 0 Å². The van der Waals surface area contributed by atoms with Gasteiger partial charge >= 0.3 is 5.97 Å². The molecule has 0 aliphatic heterocycles. The number of guanidine groups is 1. The van der Waals surface area contributed by atoms with Gasteiger partial charge in [0, 0.05) is 16.9 Å². The lowest BCUT2D eigenvalue weighted by molar-refractivity contribution is -0.134. The number of nitrogen functional groups attached to an aromatic ring is 1. The number of anilines is 2. The van der Waals surface area contributed by atoms with Crippen LogP contribution in [0, 0.1) is 10.8 Å². The maximum Gasteiger partial charge on any atom is 0.322 e. The van der Waals surface area contributed by atoms with Gasteiger partial charge in [0.15, 0.2) is 5.96 Å². The van der Waals surface area contributed by atoms with Crippen molar-refractivity contribution in [1.29, 1.82) is 10.8 Å². The molecule has 0 amide bonds. The van der Waals surface area contributed by atoms with E-state index in [9.17, 15) is 4.79 Å². The van der Waals surface area contributed by atoms with E-state index in [4.69, 9.17) is 27.4 Å². The van der Waals surface area contributed by atoms with Crippen LogP contribution in [0.15, 0.2) is 42.5 Å². The molecule has 0 saturated heterocycles. The number of aliphatic carboxylic acids is 1. The van der Waals surface area contributed by atoms with Crippen molar-refractivity contribution in [3.63, 3.8) is 0 Å². The first-order valence-electron chi connectivity index (χ1n) is 8.98. The molecule has 8 heteroatoms. The van der Waals surface area contributed by atoms with Gasteiger partial charge in [0.25, 0.3) is 0 Å². The summed E-state index contributed by atoms with van der Waals surface area (Å²) in [5.74, 6) is -1.06. The molecule has 0 aliphatic rings. The van der Waals surface area contributed by atoms with Gasteiger partial charge in [-0.2, -0.15) is 0 Å². The van der Waals surface area contributed by atoms with Gasteiger partial charge in [-0.25, -0.2) is 0 Å². The van der Waals surface area contributed by atoms with Gasteiger partial charge in [0.1, 0.15) is 12.4 Å². The number of benzene rings is 2. The molecule has 2 rings (SSSR count). The van der Waals surface area contributed by atoms with Crippen LogP contribution in [-0.4, -0.2) is 29.4 Å². The van der Waals surface area contributed by atoms with Crippen LogP contribution in [0.25, 0.3) is 0 Å². The average Bonchev–Trinajstić information content (AvgIpc) is 2.64. The first-order chi connectivity index (χ1) is 13.3. The Balaban J connectivity index is 1.88. The zero-order chi connectivity index (χ0) is 20.5. The van der Waals surface area contributed by atoms with Crippen LogP contribution in [0.4, 0.5) is 11.4 Å². The monoisotopic (exact) mass is 382 g/mol. The van der Waals surface area contributed by atoms with Gasteiger partial charge < -0.3 is 27.2 Å². The fourth-order valence-corrected chi connectivity index (χ4v) is 2.89. The third-order valence-corrected chi connectivity index (χ3v) is 4.24. The normalized spacial score (nSPS) is 10.3. The number of carboxylic acids is 1. The SMILES string of the molecule is N=C(N)Nc1ccc(CCCCc2ccc(NCC(=O)O)cc2C(=N)N)cc1. The molecule has 0 atom stereocenters. The molecule has 0 spiro atoms. The zero-order valence-electron chi connectivity index (χ0n) is 15.6. The van der Waals surface area contributed by atoms with Gasteiger partial charge in [0.2, 0.25) is 0 Å². The third-order valence-electron chi connectivity index (χ3n) is 4.24. The molecule has 9 N–H and O–H groups in total. The van der Waals surface area contributed by atoms with E-state index in [1.54, 1.807) is 6.07 Å². The first kappa shape index (κ1) is 20.8. The molecule has 0 bridgehead atoms. The average molecular weight is 382 g/mol. The predicted molar refractivity (Wildman–Crippen MR) is 112 cm³/mol. The minimum Gasteiger partial charge on any atom is -0.480 e. The minimum absolute atomic E-state index is 0.0254. The van der Waals surface area contributed by atoms with E-state index in [1.165, 1.54) is 5.56 Å². The maximum atomic E-state index is 10.7. The molecule has 0 radical (unpaired) electrons. The van der Waals surface area contributed by atoms with Crippen LogP contribution in [0.1, 0.15) is 29.5 Å². The summed E-state index contributed by atoms with van der Waals surface area (Å²) in [6.45, 7) is -0.183. The summed E-state index contributed by atoms with van der Waals surface area (Å²) in [5.41, 5.74) is 15.2. The Bertz CT molecular complexity index is 848. The van der Waals surface area contributed by atoms with Gasteiger partial charge in [-0.1, -0.05) is 18.2 Å². The first-order valence-corrected chi connectivity index (χ1v) is 8.98. The van der Waals surface area contributed by atoms with E-state index in [0.29, 0.717) is 11.3 Å². The van der Waals surface area contributed by atoms with Crippen molar-refractivity contribution in [3.05, 3.63) is 59.2 Å². The molecule has 2 aromatic rings. The highest BCUT2D eigenvalue weighted by Crippen LogP contribution is 2.19. The number of amidine groups is 1. The van der Waals surface area contributed by atoms with Crippen LogP contribution >= 0.6 is 0 Å². The Morgan fingerprint density at radius 1 is 0.964 bits per heavy atom. The summed E-state index contributed by atoms with van der Waals surface area (Å²) in [6.07, 6.45) is 3.64. The molecular formula is C20H26N6O2. The van der Waals surface area contributed by atoms with Crippen LogP contribution in [-0.2, 0) is 17.6 Å². The number of carbonyl (C=O) groups is 1. The fourth-order valence-electron chi connectivity index (χ4n) is 2.89. The van der Waals surface area contributed by atoms with Gasteiger partial charge in [-0.15, -0.1) is 0 Å². The van der Waals surface area contributed by atoms with Crippen molar-refractivity contribution in [1.82, 2.24) is 0 Å². The Kier molecular flexibility index (Phi) is 7.38. The second kappa shape index (κ2) is 9.96. The molecule has 148 valence electrons. The number of nitrogens with one attached hydrogen (secondary N) is 4. The molecule has 0 saturated carbocycles. The van der Waals surface area contributed by atoms with Gasteiger partial charge in [-0.05, 0) is 61.1 Å². The lowest BCUT2D eigenvalue weighted by Crippen LogP contribution is -2.20. The lowest BCUT2D eigenvalue weighted by atomic mass is 9.98. The number of unbranched alkanes of at least 4 members (excludes halogenated alkanes) is 1. The third kappa shape index (κ3) is 6.64. The highest BCUT2D eigenvalue weighted by molar-refractivity contribution is 5.97. The van der Waals surface area contributed by atoms with Crippen molar-refractivity contribution in [2.45, 2.75) is 25.7 Å². The van der Waals surface area contributed by atoms with Crippen LogP contribution in [0.5, 0.6) is 0 Å². The predicted octanol–water partition coefficient (Wildman–Crippen LogP) is 2.34. The van der Waals surface area contributed by atoms with E-state index in [2.05, 4.69) is 10.6 Å². The maximum absolute atomic E-state index is 10.7. The van der Waals surface area contributed by atoms with E-state index in [1.807, 2.05) is 36.4 Å². The van der Waals surface area contributed by atoms with Crippen molar-refractivity contribution in [3.8, 4) is 0 Å². The molecule has 2 aromatic carbocycles. The number of rotatable bonds is 10. The van der Waals surface area contributed by atoms with E-state index < -0.39 is 5.97 Å². The Hall–Kier alpha value is -3.55. The highest BCUT2D eigenvalue weighted by atomic mass is 16.4. The van der Waals surface area contributed by atoms with E-state index >= 15 is 0 Å². The summed E-state index contributed by atoms with van der Waals surface area (Å²) in [6, 6.07) is 13.2. The number of carboxylic acid groups (broad SMARTS) is 1. The molecule has 0 aromatic heterocycles. The number of hydrogen-bond donors (Lipinski definition) is 7. The molecule has 0 aliphatic carbocycles. The minimum atomic E-state index is -0.946. The fraction of sp³-hybridized carbons (Fsp3) is 0.250. The summed E-state index contributed by atoms with van der Waals surface area (Å²) in [4.78, 5) is 10.7. The Morgan fingerprint density at radius 2 is 1.61 bits per heavy atom. The van der Waals surface area contributed by atoms with Crippen molar-refractivity contribution < 1.29 is 9.90 Å². The molecule has 28 heavy (non-hydrogen) atoms. The van der Waals surface area contributed by atoms with Crippen LogP contribution in [0.3, 0.4) is 0 Å². The number of aryl methyl sites for hydroxylation is 2. The van der Waals surface area contributed by atoms with E-state index in [-0.39, 0.29) is 18.3 Å². The number of nitrogens with two attached hydrogens (primary N) is 2. The molecule has 0 fully saturated rings. The summed E-state index contributed by atoms with van der Waals surface area (Å²) in [7, 11) is 0. The smallest absolute Gasteiger partial charge is 0.322 e.